The summed E-state index contributed by atoms with van der Waals surface area (Å²) in [4.78, 5) is 125. The molecule has 1 saturated carbocycles. The third kappa shape index (κ3) is 24.9. The van der Waals surface area contributed by atoms with Crippen molar-refractivity contribution in [1.29, 1.82) is 0 Å². The van der Waals surface area contributed by atoms with E-state index in [1.54, 1.807) is 29.2 Å². The standard InChI is InChI=1S/C76H110N8O21/c1-7-60-61-40-52(5)14-20-65(61)78-70-62(60)46-83-67(70)43-64-63(73(83)91)49-103-74(92)76(64,8-2)105-75(93)104-50-66(51(3)4)79-71(89)56(12-9-10-22-77)42-59(86)48-102-47-58(85)13-11-24-94-26-28-96-30-32-98-34-36-100-38-39-101-37-35-99-33-31-97-29-27-95-25-23-82-45-57(80-81-82)19-21-68(87)55-17-15-54(16-18-55)44-84-69(88)41-53(6)72(84)90/h14,20,40,43,45,51,53-56,66H,7-13,15-19,21-39,41-42,44,46-50,77H2,1-6H3,(H,79,89). The number of ketones is 3. The summed E-state index contributed by atoms with van der Waals surface area (Å²) in [7, 11) is 0. The molecule has 8 rings (SSSR count). The molecular formula is C76H110N8O21. The minimum absolute atomic E-state index is 0.0141. The first-order valence-electron chi connectivity index (χ1n) is 37.6. The van der Waals surface area contributed by atoms with Crippen molar-refractivity contribution in [3.8, 4) is 11.4 Å². The third-order valence-electron chi connectivity index (χ3n) is 19.7. The molecule has 105 heavy (non-hydrogen) atoms. The number of nitrogens with one attached hydrogen (secondary N) is 1. The van der Waals surface area contributed by atoms with Gasteiger partial charge in [0.2, 0.25) is 23.3 Å². The Balaban J connectivity index is 0.580. The van der Waals surface area contributed by atoms with Gasteiger partial charge in [-0.25, -0.2) is 19.3 Å². The fourth-order valence-electron chi connectivity index (χ4n) is 13.6. The minimum Gasteiger partial charge on any atom is -0.457 e. The normalized spacial score (nSPS) is 18.3. The van der Waals surface area contributed by atoms with Gasteiger partial charge in [0.05, 0.1) is 146 Å². The molecule has 29 nitrogen and oxygen atoms in total. The van der Waals surface area contributed by atoms with E-state index >= 15 is 0 Å². The smallest absolute Gasteiger partial charge is 0.457 e. The van der Waals surface area contributed by atoms with Gasteiger partial charge in [0, 0.05) is 85.7 Å². The number of benzene rings is 1. The van der Waals surface area contributed by atoms with Gasteiger partial charge in [-0.15, -0.1) is 5.10 Å². The van der Waals surface area contributed by atoms with Crippen LogP contribution in [-0.2, 0) is 129 Å². The van der Waals surface area contributed by atoms with E-state index in [1.807, 2.05) is 39.1 Å². The average Bonchev–Trinajstić information content (AvgIpc) is 1.61. The van der Waals surface area contributed by atoms with E-state index in [0.29, 0.717) is 188 Å². The molecule has 6 heterocycles. The second-order valence-corrected chi connectivity index (χ2v) is 27.7. The maximum absolute atomic E-state index is 14.3. The lowest BCUT2D eigenvalue weighted by molar-refractivity contribution is -0.175. The Labute approximate surface area is 614 Å². The number of cyclic esters (lactones) is 1. The van der Waals surface area contributed by atoms with Gasteiger partial charge in [0.15, 0.2) is 11.6 Å². The topological polar surface area (TPSA) is 354 Å². The zero-order valence-electron chi connectivity index (χ0n) is 62.3. The highest BCUT2D eigenvalue weighted by molar-refractivity contribution is 6.03. The summed E-state index contributed by atoms with van der Waals surface area (Å²) < 4.78 is 70.6. The number of amides is 3. The van der Waals surface area contributed by atoms with Gasteiger partial charge in [-0.05, 0) is 107 Å². The number of likely N-dealkylation sites (tertiary alicyclic amines) is 1. The molecule has 29 heteroatoms. The van der Waals surface area contributed by atoms with Gasteiger partial charge < -0.3 is 72.5 Å². The number of esters is 1. The summed E-state index contributed by atoms with van der Waals surface area (Å²) >= 11 is 0. The number of Topliss-reactive ketones (excluding diaryl/α,β-unsaturated/α-hetero) is 3. The molecule has 0 radical (unpaired) electrons. The molecule has 3 aromatic heterocycles. The van der Waals surface area contributed by atoms with Crippen LogP contribution in [0.15, 0.2) is 35.3 Å². The Morgan fingerprint density at radius 1 is 0.743 bits per heavy atom. The van der Waals surface area contributed by atoms with Gasteiger partial charge in [0.25, 0.3) is 5.56 Å². The number of fused-ring (bicyclic) bond motifs is 5. The van der Waals surface area contributed by atoms with E-state index in [9.17, 15) is 43.2 Å². The number of aryl methyl sites for hydroxylation is 3. The van der Waals surface area contributed by atoms with Gasteiger partial charge in [-0.3, -0.25) is 38.5 Å². The van der Waals surface area contributed by atoms with Crippen LogP contribution in [0, 0.1) is 36.5 Å². The zero-order valence-corrected chi connectivity index (χ0v) is 62.3. The van der Waals surface area contributed by atoms with Crippen LogP contribution in [0.1, 0.15) is 152 Å². The van der Waals surface area contributed by atoms with Crippen LogP contribution >= 0.6 is 0 Å². The third-order valence-corrected chi connectivity index (χ3v) is 19.7. The summed E-state index contributed by atoms with van der Waals surface area (Å²) in [6.45, 7) is 18.1. The van der Waals surface area contributed by atoms with Crippen molar-refractivity contribution < 1.29 is 95.2 Å². The number of hydrogen-bond donors (Lipinski definition) is 2. The fourth-order valence-corrected chi connectivity index (χ4v) is 13.6. The molecule has 3 aliphatic heterocycles. The largest absolute Gasteiger partial charge is 0.509 e. The molecule has 1 aliphatic carbocycles. The van der Waals surface area contributed by atoms with Crippen LogP contribution in [0.4, 0.5) is 4.79 Å². The number of nitrogens with zero attached hydrogens (tertiary/aromatic N) is 6. The fraction of sp³-hybridized carbons (Fsp3) is 0.684. The highest BCUT2D eigenvalue weighted by Crippen LogP contribution is 2.43. The molecule has 3 N–H and O–H groups in total. The molecular weight excluding hydrogens is 1360 g/mol. The highest BCUT2D eigenvalue weighted by Gasteiger charge is 2.51. The van der Waals surface area contributed by atoms with E-state index in [1.165, 1.54) is 4.90 Å². The number of rotatable bonds is 52. The maximum atomic E-state index is 14.3. The predicted octanol–water partition coefficient (Wildman–Crippen LogP) is 6.45. The quantitative estimate of drug-likeness (QED) is 0.0240. The summed E-state index contributed by atoms with van der Waals surface area (Å²) in [5.74, 6) is -2.73. The SMILES string of the molecule is CCc1c2c(nc3ccc(C)cc13)-c1cc3c(c(=O)n1C2)COC(=O)C3(CC)OC(=O)OCC(NC(=O)C(CCCCN)CC(=O)COCC(=O)CCCOCCOCCOCCOCCOCCOCCOCCOCCn1cc(CCC(=O)C2CCC(CN3C(=O)CC(C)C3=O)CC2)nn1)C(C)C. The molecule has 3 amide bonds. The van der Waals surface area contributed by atoms with Crippen LogP contribution in [0.3, 0.4) is 0 Å². The number of carbonyl (C=O) groups excluding carboxylic acids is 8. The van der Waals surface area contributed by atoms with Crippen molar-refractivity contribution in [2.24, 2.45) is 35.3 Å². The lowest BCUT2D eigenvalue weighted by Crippen LogP contribution is -2.48. The first kappa shape index (κ1) is 83.3. The van der Waals surface area contributed by atoms with Gasteiger partial charge in [0.1, 0.15) is 32.2 Å². The van der Waals surface area contributed by atoms with Crippen molar-refractivity contribution >= 4 is 58.1 Å². The second kappa shape index (κ2) is 43.5. The van der Waals surface area contributed by atoms with Gasteiger partial charge in [-0.2, -0.15) is 0 Å². The molecule has 0 spiro atoms. The highest BCUT2D eigenvalue weighted by atomic mass is 16.7. The zero-order chi connectivity index (χ0) is 75.1. The molecule has 1 saturated heterocycles. The number of unbranched alkanes of at least 4 members (excludes halogenated alkanes) is 1. The molecule has 2 fully saturated rings. The summed E-state index contributed by atoms with van der Waals surface area (Å²) in [6, 6.07) is 7.01. The summed E-state index contributed by atoms with van der Waals surface area (Å²) in [5, 5.41) is 12.3. The predicted molar refractivity (Wildman–Crippen MR) is 383 cm³/mol. The Morgan fingerprint density at radius 3 is 1.97 bits per heavy atom. The average molecular weight is 1470 g/mol. The number of ether oxygens (including phenoxy) is 12. The monoisotopic (exact) mass is 1470 g/mol. The van der Waals surface area contributed by atoms with E-state index in [-0.39, 0.29) is 122 Å². The maximum Gasteiger partial charge on any atom is 0.509 e. The van der Waals surface area contributed by atoms with Crippen LogP contribution in [-0.4, -0.2) is 221 Å². The van der Waals surface area contributed by atoms with Gasteiger partial charge in [-0.1, -0.05) is 57.9 Å². The Hall–Kier alpha value is -7.32. The van der Waals surface area contributed by atoms with Crippen LogP contribution in [0.25, 0.3) is 22.3 Å². The van der Waals surface area contributed by atoms with Crippen molar-refractivity contribution in [3.05, 3.63) is 74.3 Å². The first-order valence-corrected chi connectivity index (χ1v) is 37.6. The number of pyridine rings is 2. The number of hydrogen-bond acceptors (Lipinski definition) is 25. The Morgan fingerprint density at radius 2 is 1.37 bits per heavy atom. The molecule has 580 valence electrons. The van der Waals surface area contributed by atoms with E-state index < -0.39 is 35.6 Å². The molecule has 0 bridgehead atoms. The van der Waals surface area contributed by atoms with Gasteiger partial charge >= 0.3 is 12.1 Å². The Kier molecular flexibility index (Phi) is 34.5. The first-order chi connectivity index (χ1) is 50.8. The Bertz CT molecular complexity index is 3570. The lowest BCUT2D eigenvalue weighted by atomic mass is 9.79. The summed E-state index contributed by atoms with van der Waals surface area (Å²) in [6.07, 6.45) is 7.83. The van der Waals surface area contributed by atoms with Crippen molar-refractivity contribution in [2.75, 3.05) is 139 Å². The molecule has 4 aromatic rings. The van der Waals surface area contributed by atoms with Crippen molar-refractivity contribution in [3.63, 3.8) is 0 Å². The van der Waals surface area contributed by atoms with E-state index in [0.717, 1.165) is 59.0 Å². The number of nitrogens with two attached hydrogens (primary N) is 1. The van der Waals surface area contributed by atoms with Crippen LogP contribution in [0.5, 0.6) is 0 Å². The molecule has 4 aliphatic rings. The minimum atomic E-state index is -2.01. The number of imide groups is 1. The van der Waals surface area contributed by atoms with Crippen molar-refractivity contribution in [1.82, 2.24) is 34.8 Å². The van der Waals surface area contributed by atoms with E-state index in [4.69, 9.17) is 67.6 Å². The molecule has 4 atom stereocenters. The van der Waals surface area contributed by atoms with Crippen molar-refractivity contribution in [2.45, 2.75) is 169 Å². The van der Waals surface area contributed by atoms with Crippen LogP contribution in [0.2, 0.25) is 0 Å². The molecule has 1 aromatic carbocycles. The number of carbonyl (C=O) groups is 8. The second-order valence-electron chi connectivity index (χ2n) is 27.7. The van der Waals surface area contributed by atoms with E-state index in [2.05, 4.69) is 28.6 Å². The molecule has 4 unspecified atom stereocenters. The van der Waals surface area contributed by atoms with Crippen LogP contribution < -0.4 is 16.6 Å². The lowest BCUT2D eigenvalue weighted by Gasteiger charge is -2.35. The summed E-state index contributed by atoms with van der Waals surface area (Å²) in [5.41, 5.74) is 9.53. The number of aromatic nitrogens is 5.